The first-order chi connectivity index (χ1) is 26.0. The highest BCUT2D eigenvalue weighted by Gasteiger charge is 2.61. The van der Waals surface area contributed by atoms with Crippen LogP contribution in [0.5, 0.6) is 0 Å². The summed E-state index contributed by atoms with van der Waals surface area (Å²) >= 11 is 0. The standard InChI is InChI=1S/C42H84O6Si6/c1-13-25-37-49(31-19-7)43-50(32-20-8,38-26-14-2)45-52(34-22-10,40-28-16-4)47-54(36-24-12,42-30-18-6)48-53(35-23-11,41-29-17-5)46-51(44-49,33-21-9)39-27-15-3/h19-24H,7-18,25-42H2,1-6H3. The van der Waals surface area contributed by atoms with Crippen LogP contribution in [0.1, 0.15) is 119 Å². The van der Waals surface area contributed by atoms with Gasteiger partial charge in [-0.3, -0.25) is 0 Å². The van der Waals surface area contributed by atoms with Gasteiger partial charge in [0.15, 0.2) is 0 Å². The summed E-state index contributed by atoms with van der Waals surface area (Å²) in [7, 11) is -18.6. The Labute approximate surface area is 341 Å². The molecule has 312 valence electrons. The molecule has 0 amide bonds. The molecule has 0 aromatic heterocycles. The molecule has 0 aromatic rings. The zero-order valence-electron chi connectivity index (χ0n) is 36.1. The number of hydrogen-bond acceptors (Lipinski definition) is 6. The topological polar surface area (TPSA) is 55.4 Å². The number of hydrogen-bond donors (Lipinski definition) is 0. The second-order valence-corrected chi connectivity index (χ2v) is 36.9. The quantitative estimate of drug-likeness (QED) is 0.0530. The van der Waals surface area contributed by atoms with Crippen LogP contribution < -0.4 is 0 Å². The largest absolute Gasteiger partial charge is 0.415 e. The Morgan fingerprint density at radius 2 is 0.407 bits per heavy atom. The van der Waals surface area contributed by atoms with Crippen LogP contribution in [0, 0.1) is 0 Å². The van der Waals surface area contributed by atoms with E-state index in [1.54, 1.807) is 0 Å². The highest BCUT2D eigenvalue weighted by atomic mass is 28.5. The Kier molecular flexibility index (Phi) is 26.0. The minimum atomic E-state index is -3.09. The van der Waals surface area contributed by atoms with E-state index in [9.17, 15) is 0 Å². The van der Waals surface area contributed by atoms with Crippen molar-refractivity contribution in [1.82, 2.24) is 0 Å². The van der Waals surface area contributed by atoms with E-state index in [1.165, 1.54) is 0 Å². The molecule has 1 aliphatic heterocycles. The van der Waals surface area contributed by atoms with E-state index in [2.05, 4.69) is 81.0 Å². The average molecular weight is 854 g/mol. The molecule has 0 saturated carbocycles. The lowest BCUT2D eigenvalue weighted by molar-refractivity contribution is 0.212. The molecule has 0 aromatic carbocycles. The third kappa shape index (κ3) is 16.4. The van der Waals surface area contributed by atoms with Crippen molar-refractivity contribution in [3.05, 3.63) is 75.9 Å². The first kappa shape index (κ1) is 51.5. The van der Waals surface area contributed by atoms with E-state index in [1.807, 2.05) is 36.5 Å². The summed E-state index contributed by atoms with van der Waals surface area (Å²) in [5, 5.41) is 0. The minimum Gasteiger partial charge on any atom is -0.415 e. The molecule has 0 atom stereocenters. The molecular formula is C42H84O6Si6. The van der Waals surface area contributed by atoms with Crippen LogP contribution in [0.2, 0.25) is 72.5 Å². The Morgan fingerprint density at radius 3 is 0.500 bits per heavy atom. The van der Waals surface area contributed by atoms with Gasteiger partial charge in [-0.15, -0.1) is 39.5 Å². The number of unbranched alkanes of at least 4 members (excludes halogenated alkanes) is 6. The van der Waals surface area contributed by atoms with Crippen molar-refractivity contribution < 1.29 is 24.7 Å². The Morgan fingerprint density at radius 1 is 0.278 bits per heavy atom. The van der Waals surface area contributed by atoms with Crippen molar-refractivity contribution in [3.8, 4) is 0 Å². The molecular weight excluding hydrogens is 769 g/mol. The van der Waals surface area contributed by atoms with Crippen molar-refractivity contribution in [3.63, 3.8) is 0 Å². The van der Waals surface area contributed by atoms with Crippen molar-refractivity contribution in [1.29, 1.82) is 0 Å². The van der Waals surface area contributed by atoms with Crippen molar-refractivity contribution in [2.24, 2.45) is 0 Å². The van der Waals surface area contributed by atoms with Gasteiger partial charge in [-0.1, -0.05) is 155 Å². The van der Waals surface area contributed by atoms with Gasteiger partial charge in [0.1, 0.15) is 0 Å². The SMILES string of the molecule is C=CC[Si]1(CCCC)O[Si](CC=C)(CCCC)O[Si](CC=C)(CCCC)O[Si](CC=C)(CCCC)O[Si](CC=C)(CCCC)O[Si](CC=C)(CCCC)O1. The molecule has 0 unspecified atom stereocenters. The highest BCUT2D eigenvalue weighted by Crippen LogP contribution is 2.46. The summed E-state index contributed by atoms with van der Waals surface area (Å²) in [6.45, 7) is 39.6. The van der Waals surface area contributed by atoms with Crippen LogP contribution in [-0.4, -0.2) is 51.4 Å². The lowest BCUT2D eigenvalue weighted by Gasteiger charge is -2.53. The fourth-order valence-electron chi connectivity index (χ4n) is 7.88. The second kappa shape index (κ2) is 27.2. The van der Waals surface area contributed by atoms with Gasteiger partial charge >= 0.3 is 51.4 Å². The third-order valence-electron chi connectivity index (χ3n) is 10.4. The van der Waals surface area contributed by atoms with Crippen LogP contribution in [0.15, 0.2) is 75.9 Å². The first-order valence-electron chi connectivity index (χ1n) is 21.8. The normalized spacial score (nSPS) is 30.8. The zero-order chi connectivity index (χ0) is 40.5. The van der Waals surface area contributed by atoms with E-state index < -0.39 is 51.4 Å². The van der Waals surface area contributed by atoms with E-state index in [0.29, 0.717) is 36.3 Å². The van der Waals surface area contributed by atoms with Crippen LogP contribution >= 0.6 is 0 Å². The average Bonchev–Trinajstić information content (AvgIpc) is 3.13. The number of allylic oxidation sites excluding steroid dienone is 6. The molecule has 54 heavy (non-hydrogen) atoms. The molecule has 0 bridgehead atoms. The van der Waals surface area contributed by atoms with Gasteiger partial charge in [0, 0.05) is 36.3 Å². The molecule has 1 aliphatic rings. The zero-order valence-corrected chi connectivity index (χ0v) is 42.1. The lowest BCUT2D eigenvalue weighted by Crippen LogP contribution is -2.69. The van der Waals surface area contributed by atoms with E-state index in [0.717, 1.165) is 113 Å². The Hall–Kier alpha value is -0.499. The number of rotatable bonds is 30. The van der Waals surface area contributed by atoms with Crippen LogP contribution in [0.25, 0.3) is 0 Å². The highest BCUT2D eigenvalue weighted by molar-refractivity contribution is 6.96. The van der Waals surface area contributed by atoms with Gasteiger partial charge < -0.3 is 24.7 Å². The van der Waals surface area contributed by atoms with Crippen LogP contribution in [-0.2, 0) is 24.7 Å². The molecule has 0 spiro atoms. The van der Waals surface area contributed by atoms with E-state index >= 15 is 0 Å². The van der Waals surface area contributed by atoms with E-state index in [-0.39, 0.29) is 0 Å². The molecule has 1 heterocycles. The Bertz CT molecular complexity index is 874. The summed E-state index contributed by atoms with van der Waals surface area (Å²) in [4.78, 5) is 0. The smallest absolute Gasteiger partial charge is 0.324 e. The van der Waals surface area contributed by atoms with Gasteiger partial charge in [-0.25, -0.2) is 0 Å². The maximum atomic E-state index is 8.05. The van der Waals surface area contributed by atoms with Crippen molar-refractivity contribution in [2.45, 2.75) is 191 Å². The molecule has 1 fully saturated rings. The molecule has 0 N–H and O–H groups in total. The maximum Gasteiger partial charge on any atom is 0.324 e. The second-order valence-electron chi connectivity index (χ2n) is 15.7. The van der Waals surface area contributed by atoms with Gasteiger partial charge in [0.05, 0.1) is 0 Å². The predicted octanol–water partition coefficient (Wildman–Crippen LogP) is 14.7. The summed E-state index contributed by atoms with van der Waals surface area (Å²) in [5.41, 5.74) is 0. The third-order valence-corrected chi connectivity index (χ3v) is 40.4. The minimum absolute atomic E-state index is 0.680. The van der Waals surface area contributed by atoms with Crippen LogP contribution in [0.3, 0.4) is 0 Å². The summed E-state index contributed by atoms with van der Waals surface area (Å²) in [5.74, 6) is 0. The summed E-state index contributed by atoms with van der Waals surface area (Å²) < 4.78 is 48.3. The monoisotopic (exact) mass is 852 g/mol. The molecule has 12 heteroatoms. The summed E-state index contributed by atoms with van der Waals surface area (Å²) in [6.07, 6.45) is 24.6. The molecule has 1 saturated heterocycles. The van der Waals surface area contributed by atoms with E-state index in [4.69, 9.17) is 24.7 Å². The molecule has 6 nitrogen and oxygen atoms in total. The van der Waals surface area contributed by atoms with Gasteiger partial charge in [-0.2, -0.15) is 0 Å². The maximum absolute atomic E-state index is 8.05. The van der Waals surface area contributed by atoms with Gasteiger partial charge in [0.25, 0.3) is 0 Å². The Balaban J connectivity index is 4.69. The van der Waals surface area contributed by atoms with Crippen molar-refractivity contribution >= 4 is 51.4 Å². The fourth-order valence-corrected chi connectivity index (χ4v) is 45.5. The van der Waals surface area contributed by atoms with Gasteiger partial charge in [-0.05, 0) is 36.3 Å². The predicted molar refractivity (Wildman–Crippen MR) is 249 cm³/mol. The fraction of sp³-hybridized carbons (Fsp3) is 0.714. The molecule has 0 aliphatic carbocycles. The summed E-state index contributed by atoms with van der Waals surface area (Å²) in [6, 6.07) is 9.25. The lowest BCUT2D eigenvalue weighted by atomic mass is 10.4. The van der Waals surface area contributed by atoms with Gasteiger partial charge in [0.2, 0.25) is 0 Å². The first-order valence-corrected chi connectivity index (χ1v) is 35.2. The van der Waals surface area contributed by atoms with Crippen molar-refractivity contribution in [2.75, 3.05) is 0 Å². The molecule has 0 radical (unpaired) electrons. The van der Waals surface area contributed by atoms with Crippen LogP contribution in [0.4, 0.5) is 0 Å². The molecule has 1 rings (SSSR count).